The lowest BCUT2D eigenvalue weighted by atomic mass is 10.2. The predicted molar refractivity (Wildman–Crippen MR) is 83.5 cm³/mol. The first-order valence-electron chi connectivity index (χ1n) is 6.51. The minimum Gasteiger partial charge on any atom is -0.446 e. The second kappa shape index (κ2) is 5.69. The second-order valence-corrected chi connectivity index (χ2v) is 5.58. The van der Waals surface area contributed by atoms with Crippen molar-refractivity contribution in [3.63, 3.8) is 0 Å². The molecular weight excluding hydrogens is 332 g/mol. The van der Waals surface area contributed by atoms with E-state index in [0.717, 1.165) is 15.6 Å². The SMILES string of the molecule is CC(=O)N1N=C(c2cccc(Br)c2)OC1c1ccccc1. The standard InChI is InChI=1S/C16H13BrN2O2/c1-11(20)19-16(12-6-3-2-4-7-12)21-15(18-19)13-8-5-9-14(17)10-13/h2-10,16H,1H3. The largest absolute Gasteiger partial charge is 0.446 e. The molecule has 2 aromatic carbocycles. The van der Waals surface area contributed by atoms with Gasteiger partial charge in [0.25, 0.3) is 0 Å². The van der Waals surface area contributed by atoms with E-state index >= 15 is 0 Å². The van der Waals surface area contributed by atoms with Gasteiger partial charge in [-0.1, -0.05) is 52.3 Å². The number of carbonyl (C=O) groups is 1. The highest BCUT2D eigenvalue weighted by Crippen LogP contribution is 2.30. The number of halogens is 1. The van der Waals surface area contributed by atoms with Crippen LogP contribution in [0.4, 0.5) is 0 Å². The molecule has 0 spiro atoms. The van der Waals surface area contributed by atoms with Crippen LogP contribution in [0, 0.1) is 0 Å². The fourth-order valence-corrected chi connectivity index (χ4v) is 2.54. The Morgan fingerprint density at radius 2 is 1.95 bits per heavy atom. The highest BCUT2D eigenvalue weighted by Gasteiger charge is 2.32. The van der Waals surface area contributed by atoms with E-state index in [4.69, 9.17) is 4.74 Å². The number of rotatable bonds is 2. The molecule has 3 rings (SSSR count). The molecule has 0 aliphatic carbocycles. The topological polar surface area (TPSA) is 41.9 Å². The molecule has 0 saturated heterocycles. The smallest absolute Gasteiger partial charge is 0.243 e. The summed E-state index contributed by atoms with van der Waals surface area (Å²) in [5.74, 6) is 0.286. The van der Waals surface area contributed by atoms with Crippen molar-refractivity contribution in [2.45, 2.75) is 13.2 Å². The Labute approximate surface area is 131 Å². The van der Waals surface area contributed by atoms with Gasteiger partial charge in [-0.25, -0.2) is 0 Å². The van der Waals surface area contributed by atoms with Crippen molar-refractivity contribution in [1.29, 1.82) is 0 Å². The normalized spacial score (nSPS) is 17.3. The Bertz CT molecular complexity index is 700. The molecule has 0 radical (unpaired) electrons. The van der Waals surface area contributed by atoms with E-state index in [2.05, 4.69) is 21.0 Å². The lowest BCUT2D eigenvalue weighted by Gasteiger charge is -2.19. The number of hydrogen-bond donors (Lipinski definition) is 0. The average Bonchev–Trinajstić information content (AvgIpc) is 2.93. The molecule has 1 aliphatic heterocycles. The van der Waals surface area contributed by atoms with E-state index < -0.39 is 6.23 Å². The maximum absolute atomic E-state index is 11.8. The minimum absolute atomic E-state index is 0.158. The van der Waals surface area contributed by atoms with Crippen LogP contribution >= 0.6 is 15.9 Å². The highest BCUT2D eigenvalue weighted by atomic mass is 79.9. The molecule has 1 atom stereocenters. The van der Waals surface area contributed by atoms with E-state index in [0.29, 0.717) is 5.90 Å². The first kappa shape index (κ1) is 13.8. The van der Waals surface area contributed by atoms with Crippen LogP contribution < -0.4 is 0 Å². The predicted octanol–water partition coefficient (Wildman–Crippen LogP) is 3.69. The van der Waals surface area contributed by atoms with Gasteiger partial charge < -0.3 is 4.74 Å². The van der Waals surface area contributed by atoms with Gasteiger partial charge in [-0.2, -0.15) is 5.01 Å². The fourth-order valence-electron chi connectivity index (χ4n) is 2.14. The number of hydrazone groups is 1. The van der Waals surface area contributed by atoms with Gasteiger partial charge in [0.2, 0.25) is 18.0 Å². The van der Waals surface area contributed by atoms with Gasteiger partial charge in [-0.05, 0) is 18.2 Å². The molecule has 1 heterocycles. The zero-order chi connectivity index (χ0) is 14.8. The molecule has 1 amide bonds. The Hall–Kier alpha value is -2.14. The summed E-state index contributed by atoms with van der Waals surface area (Å²) in [5, 5.41) is 5.68. The molecule has 0 bridgehead atoms. The molecule has 1 unspecified atom stereocenters. The maximum Gasteiger partial charge on any atom is 0.243 e. The molecule has 4 nitrogen and oxygen atoms in total. The van der Waals surface area contributed by atoms with Crippen molar-refractivity contribution >= 4 is 27.7 Å². The van der Waals surface area contributed by atoms with Crippen LogP contribution in [0.3, 0.4) is 0 Å². The lowest BCUT2D eigenvalue weighted by Crippen LogP contribution is -2.25. The van der Waals surface area contributed by atoms with Crippen molar-refractivity contribution in [2.75, 3.05) is 0 Å². The number of benzene rings is 2. The quantitative estimate of drug-likeness (QED) is 0.833. The molecular formula is C16H13BrN2O2. The summed E-state index contributed by atoms with van der Waals surface area (Å²) < 4.78 is 6.83. The molecule has 21 heavy (non-hydrogen) atoms. The summed E-state index contributed by atoms with van der Waals surface area (Å²) in [4.78, 5) is 11.8. The highest BCUT2D eigenvalue weighted by molar-refractivity contribution is 9.10. The number of carbonyl (C=O) groups excluding carboxylic acids is 1. The Balaban J connectivity index is 1.95. The summed E-state index contributed by atoms with van der Waals surface area (Å²) in [5.41, 5.74) is 1.72. The third-order valence-electron chi connectivity index (χ3n) is 3.12. The summed E-state index contributed by atoms with van der Waals surface area (Å²) >= 11 is 3.42. The van der Waals surface area contributed by atoms with Gasteiger partial charge in [0, 0.05) is 22.5 Å². The van der Waals surface area contributed by atoms with Crippen LogP contribution in [0.15, 0.2) is 64.2 Å². The lowest BCUT2D eigenvalue weighted by molar-refractivity contribution is -0.135. The van der Waals surface area contributed by atoms with E-state index in [1.807, 2.05) is 54.6 Å². The Kier molecular flexibility index (Phi) is 3.75. The van der Waals surface area contributed by atoms with Crippen molar-refractivity contribution in [3.05, 3.63) is 70.2 Å². The van der Waals surface area contributed by atoms with E-state index in [1.165, 1.54) is 11.9 Å². The van der Waals surface area contributed by atoms with Crippen molar-refractivity contribution in [3.8, 4) is 0 Å². The maximum atomic E-state index is 11.8. The molecule has 106 valence electrons. The summed E-state index contributed by atoms with van der Waals surface area (Å²) in [7, 11) is 0. The Morgan fingerprint density at radius 3 is 2.62 bits per heavy atom. The molecule has 2 aromatic rings. The van der Waals surface area contributed by atoms with Crippen LogP contribution in [0.25, 0.3) is 0 Å². The van der Waals surface area contributed by atoms with Crippen molar-refractivity contribution < 1.29 is 9.53 Å². The number of amides is 1. The van der Waals surface area contributed by atoms with Gasteiger partial charge in [0.15, 0.2) is 0 Å². The van der Waals surface area contributed by atoms with Crippen molar-refractivity contribution in [2.24, 2.45) is 5.10 Å². The zero-order valence-electron chi connectivity index (χ0n) is 11.4. The molecule has 0 N–H and O–H groups in total. The number of ether oxygens (including phenoxy) is 1. The summed E-state index contributed by atoms with van der Waals surface area (Å²) in [6, 6.07) is 17.2. The minimum atomic E-state index is -0.516. The second-order valence-electron chi connectivity index (χ2n) is 4.66. The first-order valence-corrected chi connectivity index (χ1v) is 7.30. The van der Waals surface area contributed by atoms with Crippen LogP contribution in [-0.2, 0) is 9.53 Å². The summed E-state index contributed by atoms with van der Waals surface area (Å²) in [6.07, 6.45) is -0.516. The van der Waals surface area contributed by atoms with Crippen molar-refractivity contribution in [1.82, 2.24) is 5.01 Å². The molecule has 1 aliphatic rings. The molecule has 5 heteroatoms. The van der Waals surface area contributed by atoms with E-state index in [-0.39, 0.29) is 5.91 Å². The number of hydrogen-bond acceptors (Lipinski definition) is 3. The van der Waals surface area contributed by atoms with Gasteiger partial charge in [0.1, 0.15) is 0 Å². The average molecular weight is 345 g/mol. The van der Waals surface area contributed by atoms with Gasteiger partial charge in [0.05, 0.1) is 0 Å². The molecule has 0 fully saturated rings. The Morgan fingerprint density at radius 1 is 1.19 bits per heavy atom. The third-order valence-corrected chi connectivity index (χ3v) is 3.62. The van der Waals surface area contributed by atoms with Gasteiger partial charge >= 0.3 is 0 Å². The molecule has 0 aromatic heterocycles. The van der Waals surface area contributed by atoms with E-state index in [1.54, 1.807) is 0 Å². The van der Waals surface area contributed by atoms with Crippen LogP contribution in [0.5, 0.6) is 0 Å². The molecule has 0 saturated carbocycles. The number of nitrogens with zero attached hydrogens (tertiary/aromatic N) is 2. The first-order chi connectivity index (χ1) is 10.1. The van der Waals surface area contributed by atoms with Gasteiger partial charge in [-0.15, -0.1) is 5.10 Å². The zero-order valence-corrected chi connectivity index (χ0v) is 12.9. The fraction of sp³-hybridized carbons (Fsp3) is 0.125. The van der Waals surface area contributed by atoms with E-state index in [9.17, 15) is 4.79 Å². The summed E-state index contributed by atoms with van der Waals surface area (Å²) in [6.45, 7) is 1.48. The van der Waals surface area contributed by atoms with Gasteiger partial charge in [-0.3, -0.25) is 4.79 Å². The third kappa shape index (κ3) is 2.83. The van der Waals surface area contributed by atoms with Crippen LogP contribution in [0.1, 0.15) is 24.3 Å². The van der Waals surface area contributed by atoms with Crippen LogP contribution in [-0.4, -0.2) is 16.8 Å². The monoisotopic (exact) mass is 344 g/mol. The van der Waals surface area contributed by atoms with Crippen LogP contribution in [0.2, 0.25) is 0 Å².